The number of ether oxygens (including phenoxy) is 1. The Bertz CT molecular complexity index is 405. The summed E-state index contributed by atoms with van der Waals surface area (Å²) in [6.45, 7) is 2.76. The van der Waals surface area contributed by atoms with E-state index < -0.39 is 5.82 Å². The predicted octanol–water partition coefficient (Wildman–Crippen LogP) is 1.46. The molecule has 6 heteroatoms. The van der Waals surface area contributed by atoms with Crippen molar-refractivity contribution in [2.75, 3.05) is 24.6 Å². The molecule has 2 unspecified atom stereocenters. The van der Waals surface area contributed by atoms with E-state index in [0.29, 0.717) is 13.1 Å². The van der Waals surface area contributed by atoms with Crippen LogP contribution < -0.4 is 4.90 Å². The molecule has 0 bridgehead atoms. The highest BCUT2D eigenvalue weighted by Crippen LogP contribution is 2.23. The van der Waals surface area contributed by atoms with Crippen LogP contribution in [-0.2, 0) is 4.74 Å². The van der Waals surface area contributed by atoms with Crippen molar-refractivity contribution in [1.82, 2.24) is 4.98 Å². The fraction of sp³-hybridized carbons (Fsp3) is 0.545. The number of hydrogen-bond donors (Lipinski definition) is 1. The van der Waals surface area contributed by atoms with E-state index in [9.17, 15) is 4.39 Å². The highest BCUT2D eigenvalue weighted by Gasteiger charge is 2.27. The van der Waals surface area contributed by atoms with Crippen LogP contribution in [0.4, 0.5) is 10.2 Å². The average molecular weight is 261 g/mol. The summed E-state index contributed by atoms with van der Waals surface area (Å²) >= 11 is 5.65. The van der Waals surface area contributed by atoms with E-state index in [4.69, 9.17) is 21.4 Å². The van der Waals surface area contributed by atoms with E-state index >= 15 is 0 Å². The molecule has 17 heavy (non-hydrogen) atoms. The van der Waals surface area contributed by atoms with Crippen molar-refractivity contribution in [3.8, 4) is 0 Å². The highest BCUT2D eigenvalue weighted by molar-refractivity contribution is 6.30. The molecule has 1 fully saturated rings. The van der Waals surface area contributed by atoms with Crippen molar-refractivity contribution in [3.63, 3.8) is 0 Å². The first-order chi connectivity index (χ1) is 8.10. The van der Waals surface area contributed by atoms with Crippen molar-refractivity contribution in [2.24, 2.45) is 0 Å². The van der Waals surface area contributed by atoms with Crippen molar-refractivity contribution >= 4 is 17.4 Å². The lowest BCUT2D eigenvalue weighted by atomic mass is 10.2. The third kappa shape index (κ3) is 2.86. The first-order valence-corrected chi connectivity index (χ1v) is 5.80. The molecule has 0 amide bonds. The summed E-state index contributed by atoms with van der Waals surface area (Å²) < 4.78 is 19.2. The van der Waals surface area contributed by atoms with Crippen molar-refractivity contribution < 1.29 is 14.2 Å². The second-order valence-electron chi connectivity index (χ2n) is 4.12. The zero-order valence-electron chi connectivity index (χ0n) is 9.44. The number of halogens is 2. The Morgan fingerprint density at radius 2 is 2.41 bits per heavy atom. The maximum Gasteiger partial charge on any atom is 0.167 e. The molecule has 1 aromatic rings. The van der Waals surface area contributed by atoms with E-state index in [2.05, 4.69) is 4.98 Å². The summed E-state index contributed by atoms with van der Waals surface area (Å²) in [5.74, 6) is -0.203. The van der Waals surface area contributed by atoms with Crippen molar-refractivity contribution in [1.29, 1.82) is 0 Å². The van der Waals surface area contributed by atoms with E-state index in [1.54, 1.807) is 4.90 Å². The van der Waals surface area contributed by atoms with Gasteiger partial charge in [0, 0.05) is 19.3 Å². The lowest BCUT2D eigenvalue weighted by Crippen LogP contribution is -2.48. The molecule has 94 valence electrons. The van der Waals surface area contributed by atoms with Gasteiger partial charge in [-0.05, 0) is 13.0 Å². The number of aliphatic hydroxyl groups excluding tert-OH is 1. The second-order valence-corrected chi connectivity index (χ2v) is 4.55. The predicted molar refractivity (Wildman–Crippen MR) is 62.8 cm³/mol. The first kappa shape index (κ1) is 12.5. The molecule has 1 aliphatic rings. The molecule has 4 nitrogen and oxygen atoms in total. The molecular weight excluding hydrogens is 247 g/mol. The van der Waals surface area contributed by atoms with Gasteiger partial charge in [-0.3, -0.25) is 0 Å². The monoisotopic (exact) mass is 260 g/mol. The number of rotatable bonds is 2. The molecule has 2 atom stereocenters. The molecule has 1 N–H and O–H groups in total. The summed E-state index contributed by atoms with van der Waals surface area (Å²) in [7, 11) is 0. The molecule has 2 rings (SSSR count). The minimum atomic E-state index is -0.455. The molecular formula is C11H14ClFN2O2. The van der Waals surface area contributed by atoms with E-state index in [-0.39, 0.29) is 29.7 Å². The minimum absolute atomic E-state index is 0.0715. The van der Waals surface area contributed by atoms with Crippen molar-refractivity contribution in [2.45, 2.75) is 19.1 Å². The Labute approximate surface area is 104 Å². The SMILES string of the molecule is CC1CN(c2ncc(Cl)cc2F)CC(CO)O1. The van der Waals surface area contributed by atoms with Crippen LogP contribution in [-0.4, -0.2) is 42.0 Å². The van der Waals surface area contributed by atoms with Crippen LogP contribution in [0.2, 0.25) is 5.02 Å². The zero-order valence-corrected chi connectivity index (χ0v) is 10.2. The summed E-state index contributed by atoms with van der Waals surface area (Å²) in [4.78, 5) is 5.75. The van der Waals surface area contributed by atoms with Gasteiger partial charge in [-0.1, -0.05) is 11.6 Å². The Hall–Kier alpha value is -0.910. The molecule has 0 saturated carbocycles. The number of aromatic nitrogens is 1. The van der Waals surface area contributed by atoms with Crippen LogP contribution >= 0.6 is 11.6 Å². The number of morpholine rings is 1. The third-order valence-corrected chi connectivity index (χ3v) is 2.82. The topological polar surface area (TPSA) is 45.6 Å². The van der Waals surface area contributed by atoms with E-state index in [1.807, 2.05) is 6.92 Å². The van der Waals surface area contributed by atoms with Crippen LogP contribution in [0.15, 0.2) is 12.3 Å². The van der Waals surface area contributed by atoms with Gasteiger partial charge in [0.2, 0.25) is 0 Å². The largest absolute Gasteiger partial charge is 0.394 e. The number of anilines is 1. The van der Waals surface area contributed by atoms with E-state index in [0.717, 1.165) is 0 Å². The summed E-state index contributed by atoms with van der Waals surface area (Å²) in [5, 5.41) is 9.37. The molecule has 2 heterocycles. The summed E-state index contributed by atoms with van der Waals surface area (Å²) in [6, 6.07) is 1.23. The quantitative estimate of drug-likeness (QED) is 0.875. The van der Waals surface area contributed by atoms with Crippen LogP contribution in [0.5, 0.6) is 0 Å². The van der Waals surface area contributed by atoms with Crippen LogP contribution in [0, 0.1) is 5.82 Å². The van der Waals surface area contributed by atoms with Gasteiger partial charge in [0.15, 0.2) is 11.6 Å². The minimum Gasteiger partial charge on any atom is -0.394 e. The maximum atomic E-state index is 13.7. The van der Waals surface area contributed by atoms with Gasteiger partial charge >= 0.3 is 0 Å². The second kappa shape index (κ2) is 5.16. The van der Waals surface area contributed by atoms with Crippen LogP contribution in [0.25, 0.3) is 0 Å². The average Bonchev–Trinajstić information content (AvgIpc) is 2.28. The molecule has 0 radical (unpaired) electrons. The smallest absolute Gasteiger partial charge is 0.167 e. The Balaban J connectivity index is 2.20. The van der Waals surface area contributed by atoms with Gasteiger partial charge in [-0.15, -0.1) is 0 Å². The number of aliphatic hydroxyl groups is 1. The number of hydrogen-bond acceptors (Lipinski definition) is 4. The van der Waals surface area contributed by atoms with Gasteiger partial charge in [-0.2, -0.15) is 0 Å². The summed E-state index contributed by atoms with van der Waals surface area (Å²) in [6.07, 6.45) is 1.03. The fourth-order valence-electron chi connectivity index (χ4n) is 1.96. The first-order valence-electron chi connectivity index (χ1n) is 5.42. The lowest BCUT2D eigenvalue weighted by Gasteiger charge is -2.36. The molecule has 1 aliphatic heterocycles. The highest BCUT2D eigenvalue weighted by atomic mass is 35.5. The molecule has 0 spiro atoms. The Kier molecular flexibility index (Phi) is 3.81. The number of pyridine rings is 1. The Morgan fingerprint density at radius 3 is 3.06 bits per heavy atom. The van der Waals surface area contributed by atoms with Crippen LogP contribution in [0.1, 0.15) is 6.92 Å². The number of nitrogens with zero attached hydrogens (tertiary/aromatic N) is 2. The summed E-state index contributed by atoms with van der Waals surface area (Å²) in [5.41, 5.74) is 0. The molecule has 1 aromatic heterocycles. The standard InChI is InChI=1S/C11H14ClFN2O2/c1-7-4-15(5-9(6-16)17-7)11-10(13)2-8(12)3-14-11/h2-3,7,9,16H,4-6H2,1H3. The zero-order chi connectivity index (χ0) is 12.4. The fourth-order valence-corrected chi connectivity index (χ4v) is 2.10. The molecule has 0 aliphatic carbocycles. The van der Waals surface area contributed by atoms with Gasteiger partial charge < -0.3 is 14.7 Å². The van der Waals surface area contributed by atoms with Crippen LogP contribution in [0.3, 0.4) is 0 Å². The third-order valence-electron chi connectivity index (χ3n) is 2.62. The van der Waals surface area contributed by atoms with Gasteiger partial charge in [0.05, 0.1) is 23.8 Å². The van der Waals surface area contributed by atoms with Gasteiger partial charge in [0.1, 0.15) is 0 Å². The molecule has 0 aromatic carbocycles. The normalized spacial score (nSPS) is 25.1. The molecule has 1 saturated heterocycles. The van der Waals surface area contributed by atoms with E-state index in [1.165, 1.54) is 12.3 Å². The van der Waals surface area contributed by atoms with Gasteiger partial charge in [-0.25, -0.2) is 9.37 Å². The lowest BCUT2D eigenvalue weighted by molar-refractivity contribution is -0.0424. The maximum absolute atomic E-state index is 13.7. The van der Waals surface area contributed by atoms with Gasteiger partial charge in [0.25, 0.3) is 0 Å². The Morgan fingerprint density at radius 1 is 1.65 bits per heavy atom. The van der Waals surface area contributed by atoms with Crippen molar-refractivity contribution in [3.05, 3.63) is 23.1 Å².